The molecule has 0 aliphatic carbocycles. The lowest BCUT2D eigenvalue weighted by Crippen LogP contribution is -2.08. The number of benzene rings is 1. The zero-order chi connectivity index (χ0) is 16.1. The fourth-order valence-corrected chi connectivity index (χ4v) is 1.90. The second-order valence-corrected chi connectivity index (χ2v) is 4.51. The molecule has 22 heavy (non-hydrogen) atoms. The molecule has 0 aliphatic rings. The predicted molar refractivity (Wildman–Crippen MR) is 75.7 cm³/mol. The Bertz CT molecular complexity index is 625. The molecule has 0 bridgehead atoms. The Morgan fingerprint density at radius 3 is 2.09 bits per heavy atom. The molecule has 0 fully saturated rings. The van der Waals surface area contributed by atoms with Crippen LogP contribution in [0.2, 0.25) is 5.28 Å². The molecule has 118 valence electrons. The van der Waals surface area contributed by atoms with Crippen molar-refractivity contribution >= 4 is 11.6 Å². The van der Waals surface area contributed by atoms with Crippen LogP contribution in [-0.4, -0.2) is 30.8 Å². The second-order valence-electron chi connectivity index (χ2n) is 4.17. The summed E-state index contributed by atoms with van der Waals surface area (Å²) in [5, 5.41) is 0.0852. The lowest BCUT2D eigenvalue weighted by atomic mass is 10.1. The number of rotatable bonds is 6. The van der Waals surface area contributed by atoms with Gasteiger partial charge in [0.1, 0.15) is 0 Å². The predicted octanol–water partition coefficient (Wildman–Crippen LogP) is 3.05. The van der Waals surface area contributed by atoms with Gasteiger partial charge in [0, 0.05) is 18.1 Å². The molecule has 0 aliphatic heterocycles. The van der Waals surface area contributed by atoms with Gasteiger partial charge in [0.25, 0.3) is 0 Å². The van der Waals surface area contributed by atoms with Crippen LogP contribution in [0.4, 0.5) is 8.78 Å². The third-order valence-corrected chi connectivity index (χ3v) is 3.08. The van der Waals surface area contributed by atoms with Gasteiger partial charge in [0.15, 0.2) is 28.9 Å². The van der Waals surface area contributed by atoms with E-state index in [4.69, 9.17) is 25.8 Å². The van der Waals surface area contributed by atoms with Crippen molar-refractivity contribution in [3.05, 3.63) is 40.9 Å². The average Bonchev–Trinajstić information content (AvgIpc) is 2.52. The SMILES string of the molecule is COc1cc(OC)c(F)c(CCOc2cnc(Cl)nc2)c1F. The monoisotopic (exact) mass is 330 g/mol. The van der Waals surface area contributed by atoms with Gasteiger partial charge in [0.2, 0.25) is 5.28 Å². The highest BCUT2D eigenvalue weighted by atomic mass is 35.5. The zero-order valence-electron chi connectivity index (χ0n) is 11.9. The van der Waals surface area contributed by atoms with E-state index in [0.29, 0.717) is 5.75 Å². The molecule has 2 rings (SSSR count). The summed E-state index contributed by atoms with van der Waals surface area (Å²) in [4.78, 5) is 7.47. The summed E-state index contributed by atoms with van der Waals surface area (Å²) in [6.07, 6.45) is 2.72. The zero-order valence-corrected chi connectivity index (χ0v) is 12.7. The molecule has 1 heterocycles. The van der Waals surface area contributed by atoms with Gasteiger partial charge in [-0.15, -0.1) is 0 Å². The number of ether oxygens (including phenoxy) is 3. The van der Waals surface area contributed by atoms with Crippen LogP contribution in [-0.2, 0) is 6.42 Å². The third kappa shape index (κ3) is 3.54. The summed E-state index contributed by atoms with van der Waals surface area (Å²) >= 11 is 5.55. The lowest BCUT2D eigenvalue weighted by Gasteiger charge is -2.13. The van der Waals surface area contributed by atoms with E-state index in [1.54, 1.807) is 0 Å². The van der Waals surface area contributed by atoms with Crippen molar-refractivity contribution in [2.45, 2.75) is 6.42 Å². The van der Waals surface area contributed by atoms with Crippen LogP contribution < -0.4 is 14.2 Å². The highest BCUT2D eigenvalue weighted by Gasteiger charge is 2.19. The molecule has 0 spiro atoms. The van der Waals surface area contributed by atoms with E-state index < -0.39 is 11.6 Å². The standard InChI is InChI=1S/C14H13ClF2N2O3/c1-20-10-5-11(21-2)13(17)9(12(10)16)3-4-22-8-6-18-14(15)19-7-8/h5-7H,3-4H2,1-2H3. The minimum atomic E-state index is -0.781. The highest BCUT2D eigenvalue weighted by molar-refractivity contribution is 6.28. The molecule has 1 aromatic carbocycles. The number of hydrogen-bond acceptors (Lipinski definition) is 5. The Hall–Kier alpha value is -2.15. The summed E-state index contributed by atoms with van der Waals surface area (Å²) in [5.74, 6) is -1.40. The first-order valence-electron chi connectivity index (χ1n) is 6.26. The van der Waals surface area contributed by atoms with Gasteiger partial charge in [-0.3, -0.25) is 0 Å². The van der Waals surface area contributed by atoms with Gasteiger partial charge >= 0.3 is 0 Å². The van der Waals surface area contributed by atoms with Gasteiger partial charge in [-0.25, -0.2) is 18.7 Å². The molecule has 0 N–H and O–H groups in total. The van der Waals surface area contributed by atoms with E-state index in [-0.39, 0.29) is 35.4 Å². The Balaban J connectivity index is 2.13. The van der Waals surface area contributed by atoms with Crippen molar-refractivity contribution in [2.24, 2.45) is 0 Å². The first kappa shape index (κ1) is 16.2. The highest BCUT2D eigenvalue weighted by Crippen LogP contribution is 2.31. The van der Waals surface area contributed by atoms with Crippen molar-refractivity contribution in [2.75, 3.05) is 20.8 Å². The van der Waals surface area contributed by atoms with E-state index >= 15 is 0 Å². The number of halogens is 3. The van der Waals surface area contributed by atoms with Gasteiger partial charge in [-0.2, -0.15) is 0 Å². The van der Waals surface area contributed by atoms with Gasteiger partial charge < -0.3 is 14.2 Å². The summed E-state index contributed by atoms with van der Waals surface area (Å²) in [7, 11) is 2.59. The fraction of sp³-hybridized carbons (Fsp3) is 0.286. The van der Waals surface area contributed by atoms with Crippen molar-refractivity contribution in [1.82, 2.24) is 9.97 Å². The van der Waals surface area contributed by atoms with Crippen molar-refractivity contribution < 1.29 is 23.0 Å². The maximum Gasteiger partial charge on any atom is 0.222 e. The third-order valence-electron chi connectivity index (χ3n) is 2.88. The molecule has 0 unspecified atom stereocenters. The van der Waals surface area contributed by atoms with E-state index in [0.717, 1.165) is 6.07 Å². The van der Waals surface area contributed by atoms with Crippen molar-refractivity contribution in [3.63, 3.8) is 0 Å². The van der Waals surface area contributed by atoms with Crippen molar-refractivity contribution in [1.29, 1.82) is 0 Å². The number of nitrogens with zero attached hydrogens (tertiary/aromatic N) is 2. The number of hydrogen-bond donors (Lipinski definition) is 0. The molecule has 1 aromatic heterocycles. The molecule has 5 nitrogen and oxygen atoms in total. The number of aromatic nitrogens is 2. The summed E-state index contributed by atoms with van der Waals surface area (Å²) in [5.41, 5.74) is -0.175. The van der Waals surface area contributed by atoms with Crippen LogP contribution in [0.3, 0.4) is 0 Å². The smallest absolute Gasteiger partial charge is 0.222 e. The van der Waals surface area contributed by atoms with Crippen LogP contribution in [0.1, 0.15) is 5.56 Å². The first-order valence-corrected chi connectivity index (χ1v) is 6.63. The van der Waals surface area contributed by atoms with E-state index in [9.17, 15) is 8.78 Å². The van der Waals surface area contributed by atoms with Gasteiger partial charge in [-0.1, -0.05) is 0 Å². The minimum Gasteiger partial charge on any atom is -0.494 e. The number of methoxy groups -OCH3 is 2. The molecular weight excluding hydrogens is 318 g/mol. The van der Waals surface area contributed by atoms with Gasteiger partial charge in [-0.05, 0) is 11.6 Å². The van der Waals surface area contributed by atoms with Crippen LogP contribution in [0, 0.1) is 11.6 Å². The first-order chi connectivity index (χ1) is 10.6. The second kappa shape index (κ2) is 7.22. The molecule has 2 aromatic rings. The lowest BCUT2D eigenvalue weighted by molar-refractivity contribution is 0.308. The quantitative estimate of drug-likeness (QED) is 0.762. The maximum absolute atomic E-state index is 14.1. The summed E-state index contributed by atoms with van der Waals surface area (Å²) < 4.78 is 43.3. The van der Waals surface area contributed by atoms with E-state index in [2.05, 4.69) is 9.97 Å². The maximum atomic E-state index is 14.1. The van der Waals surface area contributed by atoms with E-state index in [1.807, 2.05) is 0 Å². The molecule has 0 saturated carbocycles. The topological polar surface area (TPSA) is 53.5 Å². The Kier molecular flexibility index (Phi) is 5.32. The Morgan fingerprint density at radius 2 is 1.59 bits per heavy atom. The fourth-order valence-electron chi connectivity index (χ4n) is 1.80. The molecule has 0 atom stereocenters. The Morgan fingerprint density at radius 1 is 1.05 bits per heavy atom. The van der Waals surface area contributed by atoms with E-state index in [1.165, 1.54) is 26.6 Å². The molecule has 8 heteroatoms. The Labute approximate surface area is 130 Å². The largest absolute Gasteiger partial charge is 0.494 e. The molecular formula is C14H13ClF2N2O3. The molecule has 0 amide bonds. The molecule has 0 radical (unpaired) electrons. The normalized spacial score (nSPS) is 10.4. The van der Waals surface area contributed by atoms with Crippen LogP contribution >= 0.6 is 11.6 Å². The van der Waals surface area contributed by atoms with Crippen LogP contribution in [0.15, 0.2) is 18.5 Å². The van der Waals surface area contributed by atoms with Crippen LogP contribution in [0.25, 0.3) is 0 Å². The average molecular weight is 331 g/mol. The summed E-state index contributed by atoms with van der Waals surface area (Å²) in [6.45, 7) is 0.0230. The molecule has 0 saturated heterocycles. The van der Waals surface area contributed by atoms with Crippen LogP contribution in [0.5, 0.6) is 17.2 Å². The van der Waals surface area contributed by atoms with Crippen molar-refractivity contribution in [3.8, 4) is 17.2 Å². The van der Waals surface area contributed by atoms with Gasteiger partial charge in [0.05, 0.1) is 33.2 Å². The summed E-state index contributed by atoms with van der Waals surface area (Å²) in [6, 6.07) is 1.15. The minimum absolute atomic E-state index is 0.0200.